The minimum atomic E-state index is -3.28. The lowest BCUT2D eigenvalue weighted by Crippen LogP contribution is -2.22. The van der Waals surface area contributed by atoms with Crippen molar-refractivity contribution in [2.45, 2.75) is 12.3 Å². The fourth-order valence-corrected chi connectivity index (χ4v) is 5.15. The third kappa shape index (κ3) is 4.32. The maximum Gasteiger partial charge on any atom is 0.279 e. The van der Waals surface area contributed by atoms with Crippen molar-refractivity contribution in [3.63, 3.8) is 0 Å². The van der Waals surface area contributed by atoms with Crippen molar-refractivity contribution in [3.05, 3.63) is 72.4 Å². The zero-order chi connectivity index (χ0) is 19.3. The predicted molar refractivity (Wildman–Crippen MR) is 114 cm³/mol. The first-order valence-electron chi connectivity index (χ1n) is 8.63. The van der Waals surface area contributed by atoms with E-state index in [1.54, 1.807) is 7.11 Å². The predicted octanol–water partition coefficient (Wildman–Crippen LogP) is 4.92. The molecule has 2 aromatic carbocycles. The third-order valence-electron chi connectivity index (χ3n) is 4.13. The maximum atomic E-state index is 13.8. The molecule has 0 aliphatic rings. The van der Waals surface area contributed by atoms with Crippen LogP contribution in [0, 0.1) is 0 Å². The van der Waals surface area contributed by atoms with Crippen LogP contribution in [-0.2, 0) is 14.4 Å². The van der Waals surface area contributed by atoms with E-state index in [0.29, 0.717) is 22.7 Å². The van der Waals surface area contributed by atoms with Crippen LogP contribution in [0.25, 0.3) is 11.1 Å². The number of pyridine rings is 1. The summed E-state index contributed by atoms with van der Waals surface area (Å²) in [4.78, 5) is 4.62. The van der Waals surface area contributed by atoms with E-state index in [9.17, 15) is 4.57 Å². The average Bonchev–Trinajstić information content (AvgIpc) is 2.74. The minimum Gasteiger partial charge on any atom is -0.497 e. The van der Waals surface area contributed by atoms with E-state index < -0.39 is 7.37 Å². The van der Waals surface area contributed by atoms with Crippen LogP contribution in [0.5, 0.6) is 5.75 Å². The number of halogens is 1. The lowest BCUT2D eigenvalue weighted by atomic mass is 10.1. The van der Waals surface area contributed by atoms with Gasteiger partial charge in [-0.3, -0.25) is 4.57 Å². The summed E-state index contributed by atoms with van der Waals surface area (Å²) < 4.78 is 24.9. The van der Waals surface area contributed by atoms with Gasteiger partial charge in [0.15, 0.2) is 0 Å². The van der Waals surface area contributed by atoms with Crippen molar-refractivity contribution in [2.24, 2.45) is 0 Å². The molecule has 3 aromatic rings. The van der Waals surface area contributed by atoms with Crippen molar-refractivity contribution < 1.29 is 13.8 Å². The van der Waals surface area contributed by atoms with Crippen molar-refractivity contribution in [1.29, 1.82) is 0 Å². The number of methoxy groups -OCH3 is 1. The van der Waals surface area contributed by atoms with E-state index in [4.69, 9.17) is 9.26 Å². The van der Waals surface area contributed by atoms with Gasteiger partial charge in [-0.15, -0.1) is 0 Å². The standard InChI is InChI=1S/C21H21BrNO3P/c1-3-26-27(24,20-7-5-4-6-8-20)21-14-17(13-18(15-22)23-21)16-9-11-19(25-2)12-10-16/h4-14H,3,15H2,1-2H3. The van der Waals surface area contributed by atoms with Gasteiger partial charge < -0.3 is 9.26 Å². The van der Waals surface area contributed by atoms with Crippen LogP contribution in [0.4, 0.5) is 0 Å². The molecule has 1 heterocycles. The molecule has 0 bridgehead atoms. The molecule has 1 atom stereocenters. The average molecular weight is 446 g/mol. The molecular formula is C21H21BrNO3P. The molecule has 0 saturated carbocycles. The first kappa shape index (κ1) is 19.8. The highest BCUT2D eigenvalue weighted by molar-refractivity contribution is 9.08. The lowest BCUT2D eigenvalue weighted by molar-refractivity contribution is 0.347. The molecule has 1 unspecified atom stereocenters. The normalized spacial score (nSPS) is 13.1. The Morgan fingerprint density at radius 3 is 2.30 bits per heavy atom. The Kier molecular flexibility index (Phi) is 6.48. The first-order chi connectivity index (χ1) is 13.1. The van der Waals surface area contributed by atoms with Crippen molar-refractivity contribution >= 4 is 34.0 Å². The van der Waals surface area contributed by atoms with Gasteiger partial charge in [-0.1, -0.05) is 46.3 Å². The van der Waals surface area contributed by atoms with Gasteiger partial charge in [0.2, 0.25) is 0 Å². The summed E-state index contributed by atoms with van der Waals surface area (Å²) in [5, 5.41) is 1.21. The molecule has 0 aliphatic heterocycles. The highest BCUT2D eigenvalue weighted by Crippen LogP contribution is 2.44. The van der Waals surface area contributed by atoms with Crippen molar-refractivity contribution in [1.82, 2.24) is 4.98 Å². The van der Waals surface area contributed by atoms with Gasteiger partial charge in [-0.2, -0.15) is 0 Å². The number of ether oxygens (including phenoxy) is 1. The molecule has 27 heavy (non-hydrogen) atoms. The van der Waals surface area contributed by atoms with Crippen LogP contribution in [-0.4, -0.2) is 18.7 Å². The van der Waals surface area contributed by atoms with Crippen LogP contribution in [0.1, 0.15) is 12.6 Å². The number of alkyl halides is 1. The highest BCUT2D eigenvalue weighted by atomic mass is 79.9. The second-order valence-corrected chi connectivity index (χ2v) is 8.77. The summed E-state index contributed by atoms with van der Waals surface area (Å²) in [6.07, 6.45) is 0. The molecule has 0 N–H and O–H groups in total. The van der Waals surface area contributed by atoms with Crippen LogP contribution in [0.2, 0.25) is 0 Å². The van der Waals surface area contributed by atoms with E-state index in [1.165, 1.54) is 0 Å². The topological polar surface area (TPSA) is 48.4 Å². The van der Waals surface area contributed by atoms with Crippen LogP contribution in [0.3, 0.4) is 0 Å². The van der Waals surface area contributed by atoms with Crippen LogP contribution < -0.4 is 15.5 Å². The maximum absolute atomic E-state index is 13.8. The summed E-state index contributed by atoms with van der Waals surface area (Å²) in [6.45, 7) is 2.18. The summed E-state index contributed by atoms with van der Waals surface area (Å²) in [6, 6.07) is 20.9. The van der Waals surface area contributed by atoms with E-state index in [1.807, 2.05) is 73.7 Å². The quantitative estimate of drug-likeness (QED) is 0.382. The van der Waals surface area contributed by atoms with Gasteiger partial charge in [0.1, 0.15) is 11.2 Å². The second kappa shape index (κ2) is 8.83. The Balaban J connectivity index is 2.14. The van der Waals surface area contributed by atoms with Crippen LogP contribution in [0.15, 0.2) is 66.7 Å². The van der Waals surface area contributed by atoms with E-state index in [0.717, 1.165) is 22.6 Å². The molecule has 0 radical (unpaired) electrons. The van der Waals surface area contributed by atoms with Gasteiger partial charge in [-0.25, -0.2) is 4.98 Å². The summed E-state index contributed by atoms with van der Waals surface area (Å²) in [7, 11) is -1.64. The number of rotatable bonds is 7. The van der Waals surface area contributed by atoms with Gasteiger partial charge in [0.05, 0.1) is 19.4 Å². The molecular weight excluding hydrogens is 425 g/mol. The third-order valence-corrected chi connectivity index (χ3v) is 7.14. The lowest BCUT2D eigenvalue weighted by Gasteiger charge is -2.19. The summed E-state index contributed by atoms with van der Waals surface area (Å²) in [5.74, 6) is 0.790. The Hall–Kier alpha value is -1.94. The van der Waals surface area contributed by atoms with Crippen LogP contribution >= 0.6 is 23.3 Å². The van der Waals surface area contributed by atoms with Gasteiger partial charge in [-0.05, 0) is 54.4 Å². The smallest absolute Gasteiger partial charge is 0.279 e. The van der Waals surface area contributed by atoms with Gasteiger partial charge in [0, 0.05) is 10.6 Å². The fourth-order valence-electron chi connectivity index (χ4n) is 2.82. The Morgan fingerprint density at radius 2 is 1.70 bits per heavy atom. The molecule has 4 nitrogen and oxygen atoms in total. The summed E-state index contributed by atoms with van der Waals surface area (Å²) >= 11 is 3.47. The first-order valence-corrected chi connectivity index (χ1v) is 11.4. The van der Waals surface area contributed by atoms with Crippen molar-refractivity contribution in [3.8, 4) is 16.9 Å². The van der Waals surface area contributed by atoms with E-state index in [2.05, 4.69) is 20.9 Å². The van der Waals surface area contributed by atoms with E-state index >= 15 is 0 Å². The van der Waals surface area contributed by atoms with E-state index in [-0.39, 0.29) is 0 Å². The Morgan fingerprint density at radius 1 is 1.00 bits per heavy atom. The van der Waals surface area contributed by atoms with Crippen molar-refractivity contribution in [2.75, 3.05) is 13.7 Å². The molecule has 0 spiro atoms. The number of hydrogen-bond donors (Lipinski definition) is 0. The largest absolute Gasteiger partial charge is 0.497 e. The molecule has 0 fully saturated rings. The minimum absolute atomic E-state index is 0.338. The molecule has 6 heteroatoms. The molecule has 3 rings (SSSR count). The Labute approximate surface area is 168 Å². The Bertz CT molecular complexity index is 945. The molecule has 0 saturated heterocycles. The number of hydrogen-bond acceptors (Lipinski definition) is 4. The molecule has 0 amide bonds. The molecule has 0 aliphatic carbocycles. The number of benzene rings is 2. The summed E-state index contributed by atoms with van der Waals surface area (Å²) in [5.41, 5.74) is 3.19. The molecule has 140 valence electrons. The van der Waals surface area contributed by atoms with Gasteiger partial charge >= 0.3 is 0 Å². The fraction of sp³-hybridized carbons (Fsp3) is 0.190. The number of nitrogens with zero attached hydrogens (tertiary/aromatic N) is 1. The zero-order valence-corrected chi connectivity index (χ0v) is 17.7. The monoisotopic (exact) mass is 445 g/mol. The highest BCUT2D eigenvalue weighted by Gasteiger charge is 2.30. The van der Waals surface area contributed by atoms with Gasteiger partial charge in [0.25, 0.3) is 7.37 Å². The molecule has 1 aromatic heterocycles. The second-order valence-electron chi connectivity index (χ2n) is 5.87. The SMILES string of the molecule is CCOP(=O)(c1ccccc1)c1cc(-c2ccc(OC)cc2)cc(CBr)n1. The zero-order valence-electron chi connectivity index (χ0n) is 15.3. The number of aromatic nitrogens is 1.